The van der Waals surface area contributed by atoms with Gasteiger partial charge in [-0.25, -0.2) is 0 Å². The average Bonchev–Trinajstić information content (AvgIpc) is 3.62. The van der Waals surface area contributed by atoms with E-state index in [1.165, 1.54) is 0 Å². The second-order valence-electron chi connectivity index (χ2n) is 11.1. The highest BCUT2D eigenvalue weighted by Gasteiger charge is 2.34. The molecule has 11 nitrogen and oxygen atoms in total. The van der Waals surface area contributed by atoms with E-state index in [-0.39, 0.29) is 43.0 Å². The molecule has 42 heavy (non-hydrogen) atoms. The van der Waals surface area contributed by atoms with Gasteiger partial charge in [-0.15, -0.1) is 0 Å². The molecule has 2 fully saturated rings. The van der Waals surface area contributed by atoms with Gasteiger partial charge in [-0.2, -0.15) is 0 Å². The van der Waals surface area contributed by atoms with Gasteiger partial charge in [0.1, 0.15) is 24.4 Å². The van der Waals surface area contributed by atoms with Crippen molar-refractivity contribution in [3.8, 4) is 5.75 Å². The predicted molar refractivity (Wildman–Crippen MR) is 153 cm³/mol. The van der Waals surface area contributed by atoms with Crippen molar-refractivity contribution < 1.29 is 28.7 Å². The number of carbonyl (C=O) groups excluding carboxylic acids is 5. The van der Waals surface area contributed by atoms with Crippen LogP contribution in [0.1, 0.15) is 60.5 Å². The Morgan fingerprint density at radius 1 is 1.00 bits per heavy atom. The third-order valence-corrected chi connectivity index (χ3v) is 7.99. The molecule has 3 atom stereocenters. The molecule has 3 heterocycles. The van der Waals surface area contributed by atoms with E-state index in [9.17, 15) is 24.0 Å². The summed E-state index contributed by atoms with van der Waals surface area (Å²) in [5.41, 5.74) is 2.02. The van der Waals surface area contributed by atoms with E-state index >= 15 is 0 Å². The Morgan fingerprint density at radius 3 is 2.62 bits per heavy atom. The van der Waals surface area contributed by atoms with Crippen molar-refractivity contribution >= 4 is 29.5 Å². The van der Waals surface area contributed by atoms with Gasteiger partial charge >= 0.3 is 0 Å². The lowest BCUT2D eigenvalue weighted by Gasteiger charge is -2.29. The minimum atomic E-state index is -1.19. The van der Waals surface area contributed by atoms with Crippen LogP contribution in [0.25, 0.3) is 0 Å². The molecule has 2 saturated heterocycles. The number of hydrogen-bond donors (Lipinski definition) is 3. The van der Waals surface area contributed by atoms with Gasteiger partial charge in [-0.05, 0) is 49.4 Å². The third-order valence-electron chi connectivity index (χ3n) is 7.99. The quantitative estimate of drug-likeness (QED) is 0.494. The second-order valence-corrected chi connectivity index (χ2v) is 11.1. The van der Waals surface area contributed by atoms with E-state index in [1.807, 2.05) is 29.2 Å². The largest absolute Gasteiger partial charge is 0.491 e. The highest BCUT2D eigenvalue weighted by Crippen LogP contribution is 2.23. The zero-order chi connectivity index (χ0) is 29.6. The smallest absolute Gasteiger partial charge is 0.255 e. The summed E-state index contributed by atoms with van der Waals surface area (Å²) in [7, 11) is 0. The Balaban J connectivity index is 1.31. The van der Waals surface area contributed by atoms with Gasteiger partial charge in [0.15, 0.2) is 0 Å². The molecule has 3 N–H and O–H groups in total. The standard InChI is InChI=1S/C31H37N5O6/c1-20-31(41)36-14-5-9-23(36)19-42-26-11-3-2-10-24(26)29(39)34-25(16-27(37)33-20)30(40)32-17-21-7-4-8-22(15-21)18-35-13-6-12-28(35)38/h2-4,7-8,10-11,15,20,23,25H,5-6,9,12-14,16-19H2,1H3,(H,32,40)(H,33,37)(H,34,39)/t20-,23+,25-/m0/s1. The molecular weight excluding hydrogens is 538 g/mol. The van der Waals surface area contributed by atoms with Gasteiger partial charge in [0.2, 0.25) is 23.6 Å². The lowest BCUT2D eigenvalue weighted by atomic mass is 10.1. The first-order chi connectivity index (χ1) is 20.3. The minimum Gasteiger partial charge on any atom is -0.491 e. The van der Waals surface area contributed by atoms with Crippen LogP contribution in [0, 0.1) is 0 Å². The number of nitrogens with one attached hydrogen (secondary N) is 3. The van der Waals surface area contributed by atoms with E-state index in [1.54, 1.807) is 36.1 Å². The first-order valence-electron chi connectivity index (χ1n) is 14.5. The molecule has 5 rings (SSSR count). The van der Waals surface area contributed by atoms with E-state index in [4.69, 9.17) is 4.74 Å². The van der Waals surface area contributed by atoms with Gasteiger partial charge in [0.25, 0.3) is 5.91 Å². The fourth-order valence-electron chi connectivity index (χ4n) is 5.75. The molecule has 2 aromatic rings. The number of carbonyl (C=O) groups is 5. The van der Waals surface area contributed by atoms with Crippen LogP contribution < -0.4 is 20.7 Å². The van der Waals surface area contributed by atoms with Crippen molar-refractivity contribution in [2.45, 2.75) is 70.2 Å². The number of likely N-dealkylation sites (tertiary alicyclic amines) is 1. The molecule has 0 aliphatic carbocycles. The molecular formula is C31H37N5O6. The van der Waals surface area contributed by atoms with Gasteiger partial charge in [0, 0.05) is 32.6 Å². The number of fused-ring (bicyclic) bond motifs is 2. The SMILES string of the molecule is C[C@@H]1NC(=O)C[C@@H](C(=O)NCc2cccc(CN3CCCC3=O)c2)NC(=O)c2ccccc2OC[C@H]2CCCN2C1=O. The first kappa shape index (κ1) is 29.1. The number of hydrogen-bond acceptors (Lipinski definition) is 6. The summed E-state index contributed by atoms with van der Waals surface area (Å²) in [6.07, 6.45) is 2.67. The van der Waals surface area contributed by atoms with Crippen LogP contribution in [0.4, 0.5) is 0 Å². The van der Waals surface area contributed by atoms with E-state index in [2.05, 4.69) is 16.0 Å². The van der Waals surface area contributed by atoms with Crippen LogP contribution in [0.5, 0.6) is 5.75 Å². The van der Waals surface area contributed by atoms with Crippen LogP contribution in [0.2, 0.25) is 0 Å². The fraction of sp³-hybridized carbons (Fsp3) is 0.452. The Kier molecular flexibility index (Phi) is 9.04. The summed E-state index contributed by atoms with van der Waals surface area (Å²) >= 11 is 0. The predicted octanol–water partition coefficient (Wildman–Crippen LogP) is 1.50. The monoisotopic (exact) mass is 575 g/mol. The van der Waals surface area contributed by atoms with E-state index in [0.717, 1.165) is 36.9 Å². The van der Waals surface area contributed by atoms with E-state index < -0.39 is 29.8 Å². The van der Waals surface area contributed by atoms with Crippen LogP contribution in [-0.2, 0) is 32.3 Å². The Morgan fingerprint density at radius 2 is 1.81 bits per heavy atom. The lowest BCUT2D eigenvalue weighted by molar-refractivity contribution is -0.137. The molecule has 0 aromatic heterocycles. The molecule has 0 spiro atoms. The summed E-state index contributed by atoms with van der Waals surface area (Å²) < 4.78 is 6.02. The molecule has 3 aliphatic heterocycles. The number of nitrogens with zero attached hydrogens (tertiary/aromatic N) is 2. The van der Waals surface area contributed by atoms with Crippen LogP contribution >= 0.6 is 0 Å². The van der Waals surface area contributed by atoms with Crippen molar-refractivity contribution in [2.75, 3.05) is 19.7 Å². The molecule has 0 radical (unpaired) electrons. The molecule has 0 unspecified atom stereocenters. The molecule has 5 amide bonds. The maximum absolute atomic E-state index is 13.4. The lowest BCUT2D eigenvalue weighted by Crippen LogP contribution is -2.53. The summed E-state index contributed by atoms with van der Waals surface area (Å²) in [6, 6.07) is 12.2. The van der Waals surface area contributed by atoms with Crippen molar-refractivity contribution in [3.63, 3.8) is 0 Å². The fourth-order valence-corrected chi connectivity index (χ4v) is 5.75. The van der Waals surface area contributed by atoms with Crippen molar-refractivity contribution in [1.82, 2.24) is 25.8 Å². The number of rotatable bonds is 5. The van der Waals surface area contributed by atoms with Crippen LogP contribution in [0.3, 0.4) is 0 Å². The third kappa shape index (κ3) is 6.89. The second kappa shape index (κ2) is 13.1. The number of para-hydroxylation sites is 1. The van der Waals surface area contributed by atoms with Crippen molar-refractivity contribution in [2.24, 2.45) is 0 Å². The Bertz CT molecular complexity index is 1360. The van der Waals surface area contributed by atoms with Gasteiger partial charge in [-0.1, -0.05) is 36.4 Å². The minimum absolute atomic E-state index is 0.139. The summed E-state index contributed by atoms with van der Waals surface area (Å²) in [5, 5.41) is 8.23. The maximum atomic E-state index is 13.4. The highest BCUT2D eigenvalue weighted by atomic mass is 16.5. The number of benzene rings is 2. The average molecular weight is 576 g/mol. The van der Waals surface area contributed by atoms with Crippen molar-refractivity contribution in [3.05, 3.63) is 65.2 Å². The van der Waals surface area contributed by atoms with Gasteiger partial charge < -0.3 is 30.5 Å². The van der Waals surface area contributed by atoms with E-state index in [0.29, 0.717) is 25.3 Å². The van der Waals surface area contributed by atoms with Gasteiger partial charge in [-0.3, -0.25) is 24.0 Å². The topological polar surface area (TPSA) is 137 Å². The molecule has 3 aliphatic rings. The number of ether oxygens (including phenoxy) is 1. The van der Waals surface area contributed by atoms with Gasteiger partial charge in [0.05, 0.1) is 18.0 Å². The highest BCUT2D eigenvalue weighted by molar-refractivity contribution is 6.01. The summed E-state index contributed by atoms with van der Waals surface area (Å²) in [5.74, 6) is -1.33. The van der Waals surface area contributed by atoms with Crippen molar-refractivity contribution in [1.29, 1.82) is 0 Å². The first-order valence-corrected chi connectivity index (χ1v) is 14.5. The Hall–Kier alpha value is -4.41. The molecule has 0 saturated carbocycles. The molecule has 11 heteroatoms. The maximum Gasteiger partial charge on any atom is 0.255 e. The zero-order valence-corrected chi connectivity index (χ0v) is 23.8. The zero-order valence-electron chi connectivity index (χ0n) is 23.8. The normalized spacial score (nSPS) is 23.3. The summed E-state index contributed by atoms with van der Waals surface area (Å²) in [6.45, 7) is 3.81. The van der Waals surface area contributed by atoms with Crippen LogP contribution in [-0.4, -0.2) is 77.2 Å². The molecule has 2 aromatic carbocycles. The Labute approximate surface area is 244 Å². The number of amides is 5. The molecule has 222 valence electrons. The molecule has 0 bridgehead atoms. The van der Waals surface area contributed by atoms with Crippen LogP contribution in [0.15, 0.2) is 48.5 Å². The summed E-state index contributed by atoms with van der Waals surface area (Å²) in [4.78, 5) is 68.4.